The maximum Gasteiger partial charge on any atom is 0.401 e. The molecule has 0 aliphatic heterocycles. The van der Waals surface area contributed by atoms with E-state index in [0.29, 0.717) is 0 Å². The molecule has 0 aromatic heterocycles. The lowest BCUT2D eigenvalue weighted by molar-refractivity contribution is -0.129. The predicted octanol–water partition coefficient (Wildman–Crippen LogP) is 2.22. The molecule has 1 amide bonds. The van der Waals surface area contributed by atoms with Crippen molar-refractivity contribution in [3.05, 3.63) is 0 Å². The lowest BCUT2D eigenvalue weighted by Gasteiger charge is -2.31. The van der Waals surface area contributed by atoms with E-state index in [1.165, 1.54) is 0 Å². The Kier molecular flexibility index (Phi) is 6.52. The molecule has 0 aliphatic carbocycles. The van der Waals surface area contributed by atoms with Crippen LogP contribution in [0.2, 0.25) is 0 Å². The van der Waals surface area contributed by atoms with Crippen LogP contribution in [0.1, 0.15) is 40.0 Å². The van der Waals surface area contributed by atoms with Gasteiger partial charge >= 0.3 is 6.18 Å². The summed E-state index contributed by atoms with van der Waals surface area (Å²) >= 11 is 0. The van der Waals surface area contributed by atoms with Crippen molar-refractivity contribution in [1.29, 1.82) is 0 Å². The maximum atomic E-state index is 11.8. The molecular weight excluding hydrogens is 233 g/mol. The zero-order chi connectivity index (χ0) is 13.5. The predicted molar refractivity (Wildman–Crippen MR) is 60.7 cm³/mol. The zero-order valence-electron chi connectivity index (χ0n) is 10.6. The average Bonchev–Trinajstić information content (AvgIpc) is 2.24. The van der Waals surface area contributed by atoms with Crippen LogP contribution in [0.5, 0.6) is 0 Å². The van der Waals surface area contributed by atoms with Crippen molar-refractivity contribution in [3.8, 4) is 0 Å². The van der Waals surface area contributed by atoms with E-state index >= 15 is 0 Å². The van der Waals surface area contributed by atoms with E-state index in [9.17, 15) is 18.0 Å². The summed E-state index contributed by atoms with van der Waals surface area (Å²) in [6.45, 7) is 4.42. The van der Waals surface area contributed by atoms with Crippen LogP contribution < -0.4 is 10.6 Å². The Balaban J connectivity index is 4.08. The van der Waals surface area contributed by atoms with Crippen LogP contribution >= 0.6 is 0 Å². The number of carbonyl (C=O) groups is 1. The van der Waals surface area contributed by atoms with Crippen LogP contribution in [0.25, 0.3) is 0 Å². The number of nitrogens with one attached hydrogen (secondary N) is 2. The smallest absolute Gasteiger partial charge is 0.350 e. The molecule has 0 aromatic carbocycles. The summed E-state index contributed by atoms with van der Waals surface area (Å²) in [5.41, 5.74) is -0.295. The molecule has 2 N–H and O–H groups in total. The number of rotatable bonds is 7. The molecule has 0 atom stereocenters. The Labute approximate surface area is 100 Å². The molecule has 0 spiro atoms. The molecule has 0 aliphatic rings. The Morgan fingerprint density at radius 3 is 1.88 bits per heavy atom. The van der Waals surface area contributed by atoms with Gasteiger partial charge in [0.25, 0.3) is 0 Å². The second-order valence-corrected chi connectivity index (χ2v) is 4.11. The first-order valence-electron chi connectivity index (χ1n) is 5.87. The summed E-state index contributed by atoms with van der Waals surface area (Å²) in [6, 6.07) is 0. The Morgan fingerprint density at radius 1 is 1.06 bits per heavy atom. The van der Waals surface area contributed by atoms with E-state index in [1.54, 1.807) is 0 Å². The number of alkyl halides is 3. The first-order chi connectivity index (χ1) is 7.78. The van der Waals surface area contributed by atoms with Crippen LogP contribution in [0, 0.1) is 0 Å². The number of hydrogen-bond acceptors (Lipinski definition) is 2. The van der Waals surface area contributed by atoms with Gasteiger partial charge in [-0.3, -0.25) is 4.79 Å². The molecule has 0 radical (unpaired) electrons. The van der Waals surface area contributed by atoms with Crippen molar-refractivity contribution in [2.75, 3.05) is 13.1 Å². The van der Waals surface area contributed by atoms with Crippen LogP contribution in [-0.2, 0) is 4.79 Å². The largest absolute Gasteiger partial charge is 0.401 e. The number of carbonyl (C=O) groups excluding carboxylic acids is 1. The quantitative estimate of drug-likeness (QED) is 0.731. The Hall–Kier alpha value is -0.780. The van der Waals surface area contributed by atoms with Crippen LogP contribution in [0.15, 0.2) is 0 Å². The fourth-order valence-corrected chi connectivity index (χ4v) is 1.67. The monoisotopic (exact) mass is 254 g/mol. The molecular formula is C11H21F3N2O. The summed E-state index contributed by atoms with van der Waals surface area (Å²) < 4.78 is 35.5. The Bertz CT molecular complexity index is 229. The first-order valence-corrected chi connectivity index (χ1v) is 5.87. The molecule has 6 heteroatoms. The fraction of sp³-hybridized carbons (Fsp3) is 0.909. The molecule has 0 saturated carbocycles. The van der Waals surface area contributed by atoms with Crippen molar-refractivity contribution in [2.45, 2.75) is 51.7 Å². The summed E-state index contributed by atoms with van der Waals surface area (Å²) in [6.07, 6.45) is -1.97. The summed E-state index contributed by atoms with van der Waals surface area (Å²) in [7, 11) is 0. The lowest BCUT2D eigenvalue weighted by atomic mass is 9.90. The van der Waals surface area contributed by atoms with Crippen molar-refractivity contribution in [3.63, 3.8) is 0 Å². The highest BCUT2D eigenvalue weighted by Gasteiger charge is 2.28. The van der Waals surface area contributed by atoms with E-state index in [2.05, 4.69) is 10.6 Å². The number of amides is 1. The third kappa shape index (κ3) is 6.51. The van der Waals surface area contributed by atoms with Gasteiger partial charge in [-0.25, -0.2) is 0 Å². The third-order valence-electron chi connectivity index (χ3n) is 3.05. The molecule has 0 fully saturated rings. The second kappa shape index (κ2) is 6.83. The Morgan fingerprint density at radius 2 is 1.53 bits per heavy atom. The lowest BCUT2D eigenvalue weighted by Crippen LogP contribution is -2.50. The van der Waals surface area contributed by atoms with Crippen molar-refractivity contribution < 1.29 is 18.0 Å². The SMILES string of the molecule is CCC(CC)(CC)NC(=O)CNCC(F)(F)F. The van der Waals surface area contributed by atoms with Gasteiger partial charge in [-0.2, -0.15) is 13.2 Å². The molecule has 0 aromatic rings. The highest BCUT2D eigenvalue weighted by Crippen LogP contribution is 2.18. The van der Waals surface area contributed by atoms with Gasteiger partial charge in [-0.15, -0.1) is 0 Å². The number of hydrogen-bond donors (Lipinski definition) is 2. The summed E-state index contributed by atoms with van der Waals surface area (Å²) in [5, 5.41) is 4.88. The van der Waals surface area contributed by atoms with Crippen LogP contribution in [-0.4, -0.2) is 30.7 Å². The van der Waals surface area contributed by atoms with Gasteiger partial charge in [0.1, 0.15) is 0 Å². The van der Waals surface area contributed by atoms with E-state index in [0.717, 1.165) is 19.3 Å². The van der Waals surface area contributed by atoms with Gasteiger partial charge in [0.15, 0.2) is 0 Å². The minimum Gasteiger partial charge on any atom is -0.350 e. The van der Waals surface area contributed by atoms with Crippen molar-refractivity contribution in [1.82, 2.24) is 10.6 Å². The van der Waals surface area contributed by atoms with Gasteiger partial charge in [-0.1, -0.05) is 20.8 Å². The van der Waals surface area contributed by atoms with E-state index in [4.69, 9.17) is 0 Å². The highest BCUT2D eigenvalue weighted by molar-refractivity contribution is 5.78. The van der Waals surface area contributed by atoms with Gasteiger partial charge in [-0.05, 0) is 19.3 Å². The fourth-order valence-electron chi connectivity index (χ4n) is 1.67. The second-order valence-electron chi connectivity index (χ2n) is 4.11. The summed E-state index contributed by atoms with van der Waals surface area (Å²) in [5.74, 6) is -0.389. The zero-order valence-corrected chi connectivity index (χ0v) is 10.6. The molecule has 0 rings (SSSR count). The first kappa shape index (κ1) is 16.2. The molecule has 0 saturated heterocycles. The number of halogens is 3. The van der Waals surface area contributed by atoms with E-state index < -0.39 is 12.7 Å². The molecule has 102 valence electrons. The van der Waals surface area contributed by atoms with E-state index in [-0.39, 0.29) is 18.0 Å². The topological polar surface area (TPSA) is 41.1 Å². The standard InChI is InChI=1S/C11H21F3N2O/c1-4-10(5-2,6-3)16-9(17)7-15-8-11(12,13)14/h15H,4-8H2,1-3H3,(H,16,17). The van der Waals surface area contributed by atoms with Crippen molar-refractivity contribution in [2.24, 2.45) is 0 Å². The maximum absolute atomic E-state index is 11.8. The van der Waals surface area contributed by atoms with Crippen LogP contribution in [0.4, 0.5) is 13.2 Å². The molecule has 17 heavy (non-hydrogen) atoms. The van der Waals surface area contributed by atoms with Gasteiger partial charge < -0.3 is 10.6 Å². The molecule has 3 nitrogen and oxygen atoms in total. The third-order valence-corrected chi connectivity index (χ3v) is 3.05. The molecule has 0 bridgehead atoms. The van der Waals surface area contributed by atoms with Crippen molar-refractivity contribution >= 4 is 5.91 Å². The minimum absolute atomic E-state index is 0.295. The van der Waals surface area contributed by atoms with Gasteiger partial charge in [0.2, 0.25) is 5.91 Å². The highest BCUT2D eigenvalue weighted by atomic mass is 19.4. The molecule has 0 heterocycles. The molecule has 0 unspecified atom stereocenters. The average molecular weight is 254 g/mol. The van der Waals surface area contributed by atoms with Crippen LogP contribution in [0.3, 0.4) is 0 Å². The van der Waals surface area contributed by atoms with Gasteiger partial charge in [0, 0.05) is 5.54 Å². The normalized spacial score (nSPS) is 12.6. The minimum atomic E-state index is -4.28. The van der Waals surface area contributed by atoms with Gasteiger partial charge in [0.05, 0.1) is 13.1 Å². The summed E-state index contributed by atoms with van der Waals surface area (Å²) in [4.78, 5) is 11.5. The van der Waals surface area contributed by atoms with E-state index in [1.807, 2.05) is 20.8 Å².